The summed E-state index contributed by atoms with van der Waals surface area (Å²) in [6.45, 7) is 3.66. The molecule has 1 atom stereocenters. The van der Waals surface area contributed by atoms with Crippen LogP contribution in [0, 0.1) is 6.92 Å². The third kappa shape index (κ3) is 4.82. The number of anilines is 1. The van der Waals surface area contributed by atoms with Crippen molar-refractivity contribution < 1.29 is 19.4 Å². The van der Waals surface area contributed by atoms with Gasteiger partial charge < -0.3 is 9.84 Å². The molecule has 2 N–H and O–H groups in total. The molecular formula is C29H26ClN3O4. The second-order valence-corrected chi connectivity index (χ2v) is 9.69. The highest BCUT2D eigenvalue weighted by Crippen LogP contribution is 2.48. The van der Waals surface area contributed by atoms with Gasteiger partial charge in [-0.3, -0.25) is 14.7 Å². The Labute approximate surface area is 219 Å². The summed E-state index contributed by atoms with van der Waals surface area (Å²) in [5.74, 6) is 0.426. The van der Waals surface area contributed by atoms with Gasteiger partial charge >= 0.3 is 12.1 Å². The fourth-order valence-electron chi connectivity index (χ4n) is 4.47. The second kappa shape index (κ2) is 9.75. The number of carboxylic acids is 1. The topological polar surface area (TPSA) is 93.5 Å². The summed E-state index contributed by atoms with van der Waals surface area (Å²) in [5.41, 5.74) is 3.55. The predicted molar refractivity (Wildman–Crippen MR) is 142 cm³/mol. The molecule has 0 saturated heterocycles. The molecule has 5 rings (SSSR count). The Morgan fingerprint density at radius 2 is 1.76 bits per heavy atom. The number of amides is 1. The number of aliphatic carboxylic acids is 1. The Bertz CT molecular complexity index is 1460. The number of ether oxygens (including phenoxy) is 1. The van der Waals surface area contributed by atoms with Gasteiger partial charge in [0.1, 0.15) is 17.7 Å². The lowest BCUT2D eigenvalue weighted by Gasteiger charge is -2.17. The van der Waals surface area contributed by atoms with Crippen molar-refractivity contribution in [2.45, 2.75) is 38.2 Å². The van der Waals surface area contributed by atoms with E-state index in [-0.39, 0.29) is 0 Å². The monoisotopic (exact) mass is 515 g/mol. The number of benzene rings is 2. The molecule has 1 amide bonds. The number of carbonyl (C=O) groups is 2. The van der Waals surface area contributed by atoms with Crippen LogP contribution in [-0.4, -0.2) is 26.7 Å². The largest absolute Gasteiger partial charge is 0.481 e. The molecule has 7 nitrogen and oxygen atoms in total. The minimum atomic E-state index is -0.764. The van der Waals surface area contributed by atoms with E-state index in [1.165, 1.54) is 0 Å². The van der Waals surface area contributed by atoms with Crippen LogP contribution >= 0.6 is 11.6 Å². The minimum Gasteiger partial charge on any atom is -0.481 e. The Morgan fingerprint density at radius 3 is 2.38 bits per heavy atom. The number of nitrogens with zero attached hydrogens (tertiary/aromatic N) is 2. The van der Waals surface area contributed by atoms with Crippen LogP contribution in [0.5, 0.6) is 0 Å². The lowest BCUT2D eigenvalue weighted by atomic mass is 9.94. The Hall–Kier alpha value is -4.10. The Kier molecular flexibility index (Phi) is 6.48. The molecule has 2 aromatic carbocycles. The van der Waals surface area contributed by atoms with Crippen molar-refractivity contribution in [3.63, 3.8) is 0 Å². The zero-order chi connectivity index (χ0) is 26.2. The van der Waals surface area contributed by atoms with E-state index in [1.54, 1.807) is 23.8 Å². The molecule has 0 aliphatic heterocycles. The van der Waals surface area contributed by atoms with Crippen molar-refractivity contribution in [3.05, 3.63) is 101 Å². The summed E-state index contributed by atoms with van der Waals surface area (Å²) in [4.78, 5) is 28.9. The highest BCUT2D eigenvalue weighted by Gasteiger charge is 2.51. The van der Waals surface area contributed by atoms with Gasteiger partial charge in [0.2, 0.25) is 0 Å². The van der Waals surface area contributed by atoms with Crippen LogP contribution in [0.4, 0.5) is 10.6 Å². The zero-order valence-electron chi connectivity index (χ0n) is 20.4. The first-order chi connectivity index (χ1) is 17.8. The molecule has 1 unspecified atom stereocenters. The third-order valence-electron chi connectivity index (χ3n) is 6.86. The molecule has 37 heavy (non-hydrogen) atoms. The number of carboxylic acid groups (broad SMARTS) is 1. The van der Waals surface area contributed by atoms with Gasteiger partial charge in [-0.2, -0.15) is 0 Å². The molecule has 2 aromatic heterocycles. The SMILES string of the molecule is Cc1ccn(-c2ccc(-c3ccc(C4(C(=O)O)CC4)cc3)cn2)c1NC(=O)OC(C)c1ccccc1Cl. The number of aromatic nitrogens is 2. The van der Waals surface area contributed by atoms with E-state index in [2.05, 4.69) is 10.3 Å². The summed E-state index contributed by atoms with van der Waals surface area (Å²) < 4.78 is 7.35. The lowest BCUT2D eigenvalue weighted by molar-refractivity contribution is -0.140. The predicted octanol–water partition coefficient (Wildman–Crippen LogP) is 6.93. The number of hydrogen-bond donors (Lipinski definition) is 2. The minimum absolute atomic E-state index is 0.522. The molecule has 4 aromatic rings. The molecule has 0 spiro atoms. The molecule has 2 heterocycles. The van der Waals surface area contributed by atoms with Crippen molar-refractivity contribution in [3.8, 4) is 16.9 Å². The van der Waals surface area contributed by atoms with Gasteiger partial charge in [0.05, 0.1) is 5.41 Å². The van der Waals surface area contributed by atoms with Crippen LogP contribution < -0.4 is 5.32 Å². The van der Waals surface area contributed by atoms with Gasteiger partial charge in [-0.05, 0) is 67.6 Å². The van der Waals surface area contributed by atoms with E-state index in [0.717, 1.165) is 27.8 Å². The molecule has 188 valence electrons. The Balaban J connectivity index is 1.30. The fourth-order valence-corrected chi connectivity index (χ4v) is 4.76. The highest BCUT2D eigenvalue weighted by atomic mass is 35.5. The van der Waals surface area contributed by atoms with Crippen LogP contribution in [0.3, 0.4) is 0 Å². The van der Waals surface area contributed by atoms with Crippen LogP contribution in [-0.2, 0) is 14.9 Å². The van der Waals surface area contributed by atoms with E-state index >= 15 is 0 Å². The summed E-state index contributed by atoms with van der Waals surface area (Å²) in [6.07, 6.45) is 3.83. The number of aryl methyl sites for hydroxylation is 1. The van der Waals surface area contributed by atoms with Gasteiger partial charge in [-0.1, -0.05) is 54.1 Å². The van der Waals surface area contributed by atoms with Crippen LogP contribution in [0.2, 0.25) is 5.02 Å². The summed E-state index contributed by atoms with van der Waals surface area (Å²) >= 11 is 6.23. The van der Waals surface area contributed by atoms with Crippen molar-refractivity contribution in [1.29, 1.82) is 0 Å². The first-order valence-corrected chi connectivity index (χ1v) is 12.4. The average Bonchev–Trinajstić information content (AvgIpc) is 3.64. The molecule has 1 fully saturated rings. The number of rotatable bonds is 7. The van der Waals surface area contributed by atoms with Gasteiger partial charge in [0, 0.05) is 28.5 Å². The molecule has 1 aliphatic carbocycles. The first-order valence-electron chi connectivity index (χ1n) is 12.0. The van der Waals surface area contributed by atoms with Crippen molar-refractivity contribution in [2.24, 2.45) is 0 Å². The second-order valence-electron chi connectivity index (χ2n) is 9.28. The van der Waals surface area contributed by atoms with Gasteiger partial charge in [0.15, 0.2) is 0 Å². The number of pyridine rings is 1. The standard InChI is InChI=1S/C29H26ClN3O4/c1-18-13-16-33(26(18)32-28(36)37-19(2)23-5-3-4-6-24(23)30)25-12-9-21(17-31-25)20-7-10-22(11-8-20)29(14-15-29)27(34)35/h3-13,16-17,19H,14-15H2,1-2H3,(H,32,36)(H,34,35). The molecule has 0 radical (unpaired) electrons. The third-order valence-corrected chi connectivity index (χ3v) is 7.20. The maximum atomic E-state index is 12.7. The highest BCUT2D eigenvalue weighted by molar-refractivity contribution is 6.31. The van der Waals surface area contributed by atoms with Crippen molar-refractivity contribution >= 4 is 29.5 Å². The van der Waals surface area contributed by atoms with Crippen molar-refractivity contribution in [2.75, 3.05) is 5.32 Å². The maximum absolute atomic E-state index is 12.7. The maximum Gasteiger partial charge on any atom is 0.413 e. The number of halogens is 1. The van der Waals surface area contributed by atoms with E-state index in [9.17, 15) is 14.7 Å². The smallest absolute Gasteiger partial charge is 0.413 e. The van der Waals surface area contributed by atoms with Gasteiger partial charge in [0.25, 0.3) is 0 Å². The number of nitrogens with one attached hydrogen (secondary N) is 1. The summed E-state index contributed by atoms with van der Waals surface area (Å²) in [7, 11) is 0. The quantitative estimate of drug-likeness (QED) is 0.278. The average molecular weight is 516 g/mol. The molecule has 1 aliphatic rings. The molecule has 1 saturated carbocycles. The molecule has 0 bridgehead atoms. The summed E-state index contributed by atoms with van der Waals surface area (Å²) in [5, 5.41) is 12.9. The van der Waals surface area contributed by atoms with Gasteiger partial charge in [-0.15, -0.1) is 0 Å². The van der Waals surface area contributed by atoms with Crippen LogP contribution in [0.15, 0.2) is 79.1 Å². The Morgan fingerprint density at radius 1 is 1.05 bits per heavy atom. The zero-order valence-corrected chi connectivity index (χ0v) is 21.2. The fraction of sp³-hybridized carbons (Fsp3) is 0.207. The van der Waals surface area contributed by atoms with E-state index in [0.29, 0.717) is 29.5 Å². The van der Waals surface area contributed by atoms with Crippen molar-refractivity contribution in [1.82, 2.24) is 9.55 Å². The first kappa shape index (κ1) is 24.6. The van der Waals surface area contributed by atoms with E-state index in [4.69, 9.17) is 16.3 Å². The summed E-state index contributed by atoms with van der Waals surface area (Å²) in [6, 6.07) is 20.6. The van der Waals surface area contributed by atoms with E-state index in [1.807, 2.05) is 73.8 Å². The van der Waals surface area contributed by atoms with Crippen LogP contribution in [0.1, 0.15) is 42.6 Å². The van der Waals surface area contributed by atoms with Gasteiger partial charge in [-0.25, -0.2) is 9.78 Å². The normalized spacial score (nSPS) is 14.6. The lowest BCUT2D eigenvalue weighted by Crippen LogP contribution is -2.19. The molecular weight excluding hydrogens is 490 g/mol. The number of hydrogen-bond acceptors (Lipinski definition) is 4. The molecule has 8 heteroatoms. The van der Waals surface area contributed by atoms with E-state index < -0.39 is 23.6 Å². The number of carbonyl (C=O) groups excluding carboxylic acids is 1. The van der Waals surface area contributed by atoms with Crippen LogP contribution in [0.25, 0.3) is 16.9 Å².